The molecule has 9 heteroatoms. The van der Waals surface area contributed by atoms with Crippen molar-refractivity contribution in [3.05, 3.63) is 70.9 Å². The Morgan fingerprint density at radius 2 is 1.96 bits per heavy atom. The largest absolute Gasteiger partial charge is 0.313 e. The number of aryl methyl sites for hydroxylation is 1. The van der Waals surface area contributed by atoms with Gasteiger partial charge in [-0.15, -0.1) is 10.2 Å². The van der Waals surface area contributed by atoms with Gasteiger partial charge in [0.05, 0.1) is 12.2 Å². The molecule has 1 aromatic carbocycles. The highest BCUT2D eigenvalue weighted by Crippen LogP contribution is 2.26. The Morgan fingerprint density at radius 3 is 2.74 bits per heavy atom. The molecule has 0 spiro atoms. The highest BCUT2D eigenvalue weighted by molar-refractivity contribution is 7.15. The van der Waals surface area contributed by atoms with E-state index in [0.29, 0.717) is 23.1 Å². The number of aromatic nitrogens is 6. The maximum atomic E-state index is 13.8. The normalized spacial score (nSPS) is 12.3. The Hall–Kier alpha value is -3.07. The van der Waals surface area contributed by atoms with E-state index in [1.54, 1.807) is 23.0 Å². The Labute approximate surface area is 159 Å². The van der Waals surface area contributed by atoms with E-state index in [9.17, 15) is 4.39 Å². The summed E-state index contributed by atoms with van der Waals surface area (Å²) in [6.07, 6.45) is 3.73. The molecular weight excluding hydrogens is 365 g/mol. The number of nitrogens with one attached hydrogen (secondary N) is 1. The summed E-state index contributed by atoms with van der Waals surface area (Å²) in [7, 11) is 0. The predicted octanol–water partition coefficient (Wildman–Crippen LogP) is 3.78. The van der Waals surface area contributed by atoms with Crippen LogP contribution in [-0.4, -0.2) is 29.8 Å². The van der Waals surface area contributed by atoms with Crippen LogP contribution >= 0.6 is 11.3 Å². The fraction of sp³-hybridized carbons (Fsp3) is 0.222. The molecule has 138 valence electrons. The molecule has 1 atom stereocenters. The molecule has 7 nitrogen and oxygen atoms in total. The summed E-state index contributed by atoms with van der Waals surface area (Å²) in [5.74, 6) is 0.399. The monoisotopic (exact) mass is 383 g/mol. The van der Waals surface area contributed by atoms with Gasteiger partial charge in [0.15, 0.2) is 5.82 Å². The molecule has 0 radical (unpaired) electrons. The van der Waals surface area contributed by atoms with E-state index in [1.807, 2.05) is 42.9 Å². The Morgan fingerprint density at radius 1 is 1.11 bits per heavy atom. The molecule has 4 rings (SSSR count). The zero-order valence-corrected chi connectivity index (χ0v) is 15.7. The third kappa shape index (κ3) is 3.87. The second kappa shape index (κ2) is 7.28. The third-order valence-electron chi connectivity index (χ3n) is 4.10. The molecule has 0 saturated heterocycles. The van der Waals surface area contributed by atoms with Gasteiger partial charge in [-0.2, -0.15) is 10.2 Å². The molecule has 0 aliphatic carbocycles. The molecule has 0 aliphatic rings. The van der Waals surface area contributed by atoms with Crippen molar-refractivity contribution in [2.24, 2.45) is 0 Å². The summed E-state index contributed by atoms with van der Waals surface area (Å²) in [5, 5.41) is 21.9. The van der Waals surface area contributed by atoms with Crippen molar-refractivity contribution in [2.45, 2.75) is 26.4 Å². The molecule has 0 bridgehead atoms. The minimum atomic E-state index is -0.237. The molecule has 1 unspecified atom stereocenters. The second-order valence-corrected chi connectivity index (χ2v) is 7.18. The molecule has 0 aliphatic heterocycles. The summed E-state index contributed by atoms with van der Waals surface area (Å²) in [4.78, 5) is 0. The summed E-state index contributed by atoms with van der Waals surface area (Å²) >= 11 is 1.45. The molecule has 3 heterocycles. The summed E-state index contributed by atoms with van der Waals surface area (Å²) in [6, 6.07) is 10.5. The van der Waals surface area contributed by atoms with Gasteiger partial charge in [0.25, 0.3) is 0 Å². The molecule has 3 aromatic heterocycles. The third-order valence-corrected chi connectivity index (χ3v) is 5.11. The molecule has 4 aromatic rings. The van der Waals surface area contributed by atoms with Crippen molar-refractivity contribution >= 4 is 22.3 Å². The lowest BCUT2D eigenvalue weighted by Crippen LogP contribution is -2.07. The first kappa shape index (κ1) is 17.3. The van der Waals surface area contributed by atoms with Crippen molar-refractivity contribution in [1.29, 1.82) is 0 Å². The van der Waals surface area contributed by atoms with Crippen LogP contribution in [0.1, 0.15) is 29.2 Å². The number of hydrogen-bond acceptors (Lipinski definition) is 6. The fourth-order valence-corrected chi connectivity index (χ4v) is 3.44. The SMILES string of the molecule is Cc1ccn(C(C)c2nnc(Nc3ccn(Cc4ccccc4F)n3)s2)n1. The quantitative estimate of drug-likeness (QED) is 0.548. The summed E-state index contributed by atoms with van der Waals surface area (Å²) < 4.78 is 17.3. The maximum Gasteiger partial charge on any atom is 0.211 e. The minimum absolute atomic E-state index is 0.00497. The van der Waals surface area contributed by atoms with Crippen LogP contribution in [0.4, 0.5) is 15.3 Å². The molecule has 0 saturated carbocycles. The maximum absolute atomic E-state index is 13.8. The lowest BCUT2D eigenvalue weighted by Gasteiger charge is -2.07. The van der Waals surface area contributed by atoms with Crippen molar-refractivity contribution in [3.63, 3.8) is 0 Å². The smallest absolute Gasteiger partial charge is 0.211 e. The number of benzene rings is 1. The van der Waals surface area contributed by atoms with Crippen molar-refractivity contribution in [1.82, 2.24) is 29.8 Å². The van der Waals surface area contributed by atoms with E-state index in [0.717, 1.165) is 10.7 Å². The van der Waals surface area contributed by atoms with Crippen LogP contribution in [0.25, 0.3) is 0 Å². The predicted molar refractivity (Wildman–Crippen MR) is 102 cm³/mol. The lowest BCUT2D eigenvalue weighted by molar-refractivity contribution is 0.554. The van der Waals surface area contributed by atoms with Gasteiger partial charge in [-0.3, -0.25) is 9.36 Å². The van der Waals surface area contributed by atoms with Crippen molar-refractivity contribution < 1.29 is 4.39 Å². The van der Waals surface area contributed by atoms with Crippen LogP contribution in [0.2, 0.25) is 0 Å². The van der Waals surface area contributed by atoms with Crippen molar-refractivity contribution in [2.75, 3.05) is 5.32 Å². The van der Waals surface area contributed by atoms with Gasteiger partial charge >= 0.3 is 0 Å². The number of anilines is 2. The standard InChI is InChI=1S/C18H18FN7S/c1-12-7-10-26(23-12)13(2)17-21-22-18(27-17)20-16-8-9-25(24-16)11-14-5-3-4-6-15(14)19/h3-10,13H,11H2,1-2H3,(H,20,22,24). The minimum Gasteiger partial charge on any atom is -0.313 e. The van der Waals surface area contributed by atoms with E-state index < -0.39 is 0 Å². The first-order valence-electron chi connectivity index (χ1n) is 8.47. The van der Waals surface area contributed by atoms with Crippen LogP contribution < -0.4 is 5.32 Å². The zero-order chi connectivity index (χ0) is 18.8. The molecule has 1 N–H and O–H groups in total. The molecule has 0 fully saturated rings. The van der Waals surface area contributed by atoms with Crippen LogP contribution in [0.15, 0.2) is 48.8 Å². The van der Waals surface area contributed by atoms with Gasteiger partial charge in [-0.1, -0.05) is 29.5 Å². The summed E-state index contributed by atoms with van der Waals surface area (Å²) in [5.41, 5.74) is 1.55. The Balaban J connectivity index is 1.44. The molecule has 0 amide bonds. The zero-order valence-electron chi connectivity index (χ0n) is 14.9. The Bertz CT molecular complexity index is 1050. The highest BCUT2D eigenvalue weighted by atomic mass is 32.1. The van der Waals surface area contributed by atoms with E-state index in [2.05, 4.69) is 25.7 Å². The average Bonchev–Trinajstić information content (AvgIpc) is 3.39. The van der Waals surface area contributed by atoms with Gasteiger partial charge < -0.3 is 5.32 Å². The molecule has 27 heavy (non-hydrogen) atoms. The highest BCUT2D eigenvalue weighted by Gasteiger charge is 2.15. The van der Waals surface area contributed by atoms with E-state index in [1.165, 1.54) is 17.4 Å². The second-order valence-electron chi connectivity index (χ2n) is 6.17. The van der Waals surface area contributed by atoms with Gasteiger partial charge in [0, 0.05) is 24.0 Å². The number of nitrogens with zero attached hydrogens (tertiary/aromatic N) is 6. The average molecular weight is 383 g/mol. The first-order valence-corrected chi connectivity index (χ1v) is 9.29. The van der Waals surface area contributed by atoms with E-state index >= 15 is 0 Å². The number of rotatable bonds is 6. The topological polar surface area (TPSA) is 73.5 Å². The summed E-state index contributed by atoms with van der Waals surface area (Å²) in [6.45, 7) is 4.35. The Kier molecular flexibility index (Phi) is 4.68. The lowest BCUT2D eigenvalue weighted by atomic mass is 10.2. The van der Waals surface area contributed by atoms with Crippen LogP contribution in [0, 0.1) is 12.7 Å². The van der Waals surface area contributed by atoms with E-state index in [-0.39, 0.29) is 11.9 Å². The van der Waals surface area contributed by atoms with Gasteiger partial charge in [-0.05, 0) is 26.0 Å². The fourth-order valence-electron chi connectivity index (χ4n) is 2.64. The van der Waals surface area contributed by atoms with E-state index in [4.69, 9.17) is 0 Å². The molecular formula is C18H18FN7S. The van der Waals surface area contributed by atoms with Crippen LogP contribution in [-0.2, 0) is 6.54 Å². The first-order chi connectivity index (χ1) is 13.1. The van der Waals surface area contributed by atoms with Crippen LogP contribution in [0.3, 0.4) is 0 Å². The number of hydrogen-bond donors (Lipinski definition) is 1. The number of halogens is 1. The van der Waals surface area contributed by atoms with Gasteiger partial charge in [0.1, 0.15) is 16.9 Å². The van der Waals surface area contributed by atoms with Gasteiger partial charge in [0.2, 0.25) is 5.13 Å². The van der Waals surface area contributed by atoms with Crippen molar-refractivity contribution in [3.8, 4) is 0 Å². The van der Waals surface area contributed by atoms with Gasteiger partial charge in [-0.25, -0.2) is 4.39 Å². The van der Waals surface area contributed by atoms with Crippen LogP contribution in [0.5, 0.6) is 0 Å².